The average Bonchev–Trinajstić information content (AvgIpc) is 3.05. The highest BCUT2D eigenvalue weighted by molar-refractivity contribution is 4.85. The maximum absolute atomic E-state index is 6.22. The van der Waals surface area contributed by atoms with Gasteiger partial charge in [0.2, 0.25) is 0 Å². The van der Waals surface area contributed by atoms with E-state index in [4.69, 9.17) is 5.73 Å². The summed E-state index contributed by atoms with van der Waals surface area (Å²) in [5.41, 5.74) is 6.22. The van der Waals surface area contributed by atoms with Crippen molar-refractivity contribution in [3.8, 4) is 0 Å². The number of hydrogen-bond donors (Lipinski definition) is 1. The van der Waals surface area contributed by atoms with Gasteiger partial charge in [0.25, 0.3) is 0 Å². The van der Waals surface area contributed by atoms with Crippen LogP contribution in [0.15, 0.2) is 0 Å². The first-order chi connectivity index (χ1) is 7.79. The Balaban J connectivity index is 1.48. The van der Waals surface area contributed by atoms with Gasteiger partial charge in [0.1, 0.15) is 0 Å². The van der Waals surface area contributed by atoms with E-state index >= 15 is 0 Å². The van der Waals surface area contributed by atoms with Crippen molar-refractivity contribution in [3.63, 3.8) is 0 Å². The van der Waals surface area contributed by atoms with Crippen LogP contribution in [0.25, 0.3) is 0 Å². The fourth-order valence-electron chi connectivity index (χ4n) is 2.85. The van der Waals surface area contributed by atoms with E-state index < -0.39 is 0 Å². The lowest BCUT2D eigenvalue weighted by atomic mass is 10.2. The maximum Gasteiger partial charge on any atom is 0.0297 e. The third kappa shape index (κ3) is 3.19. The van der Waals surface area contributed by atoms with Gasteiger partial charge in [-0.15, -0.1) is 0 Å². The second kappa shape index (κ2) is 4.63. The molecule has 1 heterocycles. The van der Waals surface area contributed by atoms with E-state index in [0.717, 1.165) is 24.9 Å². The third-order valence-corrected chi connectivity index (χ3v) is 4.14. The summed E-state index contributed by atoms with van der Waals surface area (Å²) in [6, 6.07) is 0.375. The zero-order valence-corrected chi connectivity index (χ0v) is 10.3. The van der Waals surface area contributed by atoms with E-state index in [0.29, 0.717) is 6.04 Å². The number of rotatable bonds is 4. The Morgan fingerprint density at radius 1 is 0.812 bits per heavy atom. The molecule has 0 aromatic rings. The van der Waals surface area contributed by atoms with Crippen molar-refractivity contribution < 1.29 is 0 Å². The second-order valence-corrected chi connectivity index (χ2v) is 6.17. The highest BCUT2D eigenvalue weighted by atomic mass is 15.2. The van der Waals surface area contributed by atoms with Crippen molar-refractivity contribution >= 4 is 0 Å². The standard InChI is InChI=1S/C13H25N3/c14-13-9-15(7-11-1-2-11)5-6-16(10-13)8-12-3-4-12/h11-13H,1-10,14H2. The number of nitrogens with two attached hydrogens (primary N) is 1. The molecule has 2 N–H and O–H groups in total. The fraction of sp³-hybridized carbons (Fsp3) is 1.00. The summed E-state index contributed by atoms with van der Waals surface area (Å²) in [7, 11) is 0. The van der Waals surface area contributed by atoms with Gasteiger partial charge in [-0.2, -0.15) is 0 Å². The normalized spacial score (nSPS) is 30.6. The molecule has 0 unspecified atom stereocenters. The molecule has 0 aromatic carbocycles. The van der Waals surface area contributed by atoms with Gasteiger partial charge in [-0.1, -0.05) is 0 Å². The monoisotopic (exact) mass is 223 g/mol. The van der Waals surface area contributed by atoms with Crippen LogP contribution in [0.5, 0.6) is 0 Å². The molecule has 2 saturated carbocycles. The van der Waals surface area contributed by atoms with Crippen LogP contribution in [0.1, 0.15) is 25.7 Å². The van der Waals surface area contributed by atoms with Gasteiger partial charge in [-0.3, -0.25) is 0 Å². The van der Waals surface area contributed by atoms with Crippen LogP contribution in [0.3, 0.4) is 0 Å². The summed E-state index contributed by atoms with van der Waals surface area (Å²) in [6.45, 7) is 7.36. The predicted octanol–water partition coefficient (Wildman–Crippen LogP) is 0.751. The quantitative estimate of drug-likeness (QED) is 0.763. The van der Waals surface area contributed by atoms with Crippen molar-refractivity contribution in [3.05, 3.63) is 0 Å². The number of hydrogen-bond acceptors (Lipinski definition) is 3. The molecule has 0 atom stereocenters. The molecule has 0 aromatic heterocycles. The van der Waals surface area contributed by atoms with Gasteiger partial charge in [-0.25, -0.2) is 0 Å². The minimum atomic E-state index is 0.375. The topological polar surface area (TPSA) is 32.5 Å². The Labute approximate surface area is 99.0 Å². The molecule has 0 bridgehead atoms. The van der Waals surface area contributed by atoms with E-state index in [1.165, 1.54) is 51.9 Å². The minimum Gasteiger partial charge on any atom is -0.325 e. The molecule has 0 spiro atoms. The summed E-state index contributed by atoms with van der Waals surface area (Å²) in [5, 5.41) is 0. The van der Waals surface area contributed by atoms with Gasteiger partial charge in [0.05, 0.1) is 0 Å². The lowest BCUT2D eigenvalue weighted by molar-refractivity contribution is 0.245. The Bertz CT molecular complexity index is 211. The van der Waals surface area contributed by atoms with Crippen molar-refractivity contribution in [2.75, 3.05) is 39.3 Å². The van der Waals surface area contributed by atoms with Crippen LogP contribution in [0.4, 0.5) is 0 Å². The van der Waals surface area contributed by atoms with Crippen LogP contribution in [-0.2, 0) is 0 Å². The van der Waals surface area contributed by atoms with Crippen molar-refractivity contribution in [2.24, 2.45) is 17.6 Å². The van der Waals surface area contributed by atoms with Crippen molar-refractivity contribution in [1.29, 1.82) is 0 Å². The van der Waals surface area contributed by atoms with E-state index in [9.17, 15) is 0 Å². The SMILES string of the molecule is NC1CN(CC2CC2)CCN(CC2CC2)C1. The number of nitrogens with zero attached hydrogens (tertiary/aromatic N) is 2. The summed E-state index contributed by atoms with van der Waals surface area (Å²) in [6.07, 6.45) is 5.82. The molecule has 3 nitrogen and oxygen atoms in total. The second-order valence-electron chi connectivity index (χ2n) is 6.17. The smallest absolute Gasteiger partial charge is 0.0297 e. The molecular weight excluding hydrogens is 198 g/mol. The van der Waals surface area contributed by atoms with Gasteiger partial charge < -0.3 is 15.5 Å². The molecule has 16 heavy (non-hydrogen) atoms. The zero-order valence-electron chi connectivity index (χ0n) is 10.3. The minimum absolute atomic E-state index is 0.375. The van der Waals surface area contributed by atoms with Crippen LogP contribution in [0.2, 0.25) is 0 Å². The molecule has 3 rings (SSSR count). The zero-order chi connectivity index (χ0) is 11.0. The Morgan fingerprint density at radius 3 is 1.62 bits per heavy atom. The molecule has 3 fully saturated rings. The third-order valence-electron chi connectivity index (χ3n) is 4.14. The molecule has 3 heteroatoms. The van der Waals surface area contributed by atoms with Crippen LogP contribution >= 0.6 is 0 Å². The summed E-state index contributed by atoms with van der Waals surface area (Å²) in [4.78, 5) is 5.21. The van der Waals surface area contributed by atoms with E-state index in [2.05, 4.69) is 9.80 Å². The Hall–Kier alpha value is -0.120. The Morgan fingerprint density at radius 2 is 1.25 bits per heavy atom. The fourth-order valence-corrected chi connectivity index (χ4v) is 2.85. The van der Waals surface area contributed by atoms with Crippen LogP contribution in [0, 0.1) is 11.8 Å². The van der Waals surface area contributed by atoms with Gasteiger partial charge in [0.15, 0.2) is 0 Å². The lowest BCUT2D eigenvalue weighted by Crippen LogP contribution is -2.41. The maximum atomic E-state index is 6.22. The molecular formula is C13H25N3. The molecule has 3 aliphatic rings. The summed E-state index contributed by atoms with van der Waals surface area (Å²) in [5.74, 6) is 2.00. The van der Waals surface area contributed by atoms with Crippen molar-refractivity contribution in [2.45, 2.75) is 31.7 Å². The molecule has 2 aliphatic carbocycles. The summed E-state index contributed by atoms with van der Waals surface area (Å²) < 4.78 is 0. The Kier molecular flexibility index (Phi) is 3.18. The summed E-state index contributed by atoms with van der Waals surface area (Å²) >= 11 is 0. The first kappa shape index (κ1) is 11.0. The molecule has 0 amide bonds. The average molecular weight is 223 g/mol. The van der Waals surface area contributed by atoms with Crippen LogP contribution in [-0.4, -0.2) is 55.1 Å². The first-order valence-corrected chi connectivity index (χ1v) is 7.00. The molecule has 92 valence electrons. The molecule has 1 saturated heterocycles. The first-order valence-electron chi connectivity index (χ1n) is 7.00. The van der Waals surface area contributed by atoms with E-state index in [1.54, 1.807) is 0 Å². The van der Waals surface area contributed by atoms with Crippen LogP contribution < -0.4 is 5.73 Å². The van der Waals surface area contributed by atoms with E-state index in [-0.39, 0.29) is 0 Å². The highest BCUT2D eigenvalue weighted by Gasteiger charge is 2.29. The van der Waals surface area contributed by atoms with Gasteiger partial charge >= 0.3 is 0 Å². The molecule has 0 radical (unpaired) electrons. The van der Waals surface area contributed by atoms with Gasteiger partial charge in [0, 0.05) is 45.3 Å². The van der Waals surface area contributed by atoms with Gasteiger partial charge in [-0.05, 0) is 37.5 Å². The molecule has 1 aliphatic heterocycles. The largest absolute Gasteiger partial charge is 0.325 e. The predicted molar refractivity (Wildman–Crippen MR) is 66.3 cm³/mol. The lowest BCUT2D eigenvalue weighted by Gasteiger charge is -2.21. The van der Waals surface area contributed by atoms with E-state index in [1.807, 2.05) is 0 Å². The van der Waals surface area contributed by atoms with Crippen molar-refractivity contribution in [1.82, 2.24) is 9.80 Å². The highest BCUT2D eigenvalue weighted by Crippen LogP contribution is 2.31.